The molecular formula is C22H23N3O6. The van der Waals surface area contributed by atoms with E-state index in [-0.39, 0.29) is 25.5 Å². The summed E-state index contributed by atoms with van der Waals surface area (Å²) in [6, 6.07) is 14.2. The van der Waals surface area contributed by atoms with Crippen molar-refractivity contribution in [3.63, 3.8) is 0 Å². The van der Waals surface area contributed by atoms with Gasteiger partial charge in [0.05, 0.1) is 12.5 Å². The molecule has 2 aromatic carbocycles. The summed E-state index contributed by atoms with van der Waals surface area (Å²) in [5.74, 6) is 0.0381. The summed E-state index contributed by atoms with van der Waals surface area (Å²) in [5.41, 5.74) is 5.45. The number of nitrogens with zero attached hydrogens (tertiary/aromatic N) is 1. The molecule has 4 rings (SSSR count). The van der Waals surface area contributed by atoms with E-state index in [1.807, 2.05) is 13.0 Å². The Balaban J connectivity index is 1.29. The highest BCUT2D eigenvalue weighted by Crippen LogP contribution is 2.31. The monoisotopic (exact) mass is 425 g/mol. The smallest absolute Gasteiger partial charge is 0.283 e. The van der Waals surface area contributed by atoms with Crippen LogP contribution in [0.3, 0.4) is 0 Å². The van der Waals surface area contributed by atoms with Gasteiger partial charge in [-0.15, -0.1) is 0 Å². The van der Waals surface area contributed by atoms with E-state index in [0.717, 1.165) is 0 Å². The number of para-hydroxylation sites is 2. The first-order valence-electron chi connectivity index (χ1n) is 10.1. The van der Waals surface area contributed by atoms with Crippen LogP contribution in [0, 0.1) is 5.92 Å². The molecule has 9 nitrogen and oxygen atoms in total. The maximum Gasteiger partial charge on any atom is 0.283 e. The largest absolute Gasteiger partial charge is 0.494 e. The van der Waals surface area contributed by atoms with Crippen molar-refractivity contribution in [2.45, 2.75) is 19.4 Å². The average Bonchev–Trinajstić information content (AvgIpc) is 3.19. The molecule has 1 fully saturated rings. The number of rotatable bonds is 5. The third-order valence-electron chi connectivity index (χ3n) is 5.07. The molecule has 1 saturated heterocycles. The van der Waals surface area contributed by atoms with Crippen molar-refractivity contribution in [2.75, 3.05) is 24.7 Å². The lowest BCUT2D eigenvalue weighted by Gasteiger charge is -2.25. The van der Waals surface area contributed by atoms with Gasteiger partial charge in [-0.3, -0.25) is 25.2 Å². The number of carbonyl (C=O) groups excluding carboxylic acids is 3. The summed E-state index contributed by atoms with van der Waals surface area (Å²) in [6.07, 6.45) is -0.827. The maximum atomic E-state index is 12.5. The van der Waals surface area contributed by atoms with E-state index < -0.39 is 23.8 Å². The fraction of sp³-hybridized carbons (Fsp3) is 0.318. The number of hydrogen-bond acceptors (Lipinski definition) is 6. The van der Waals surface area contributed by atoms with Crippen LogP contribution in [0.1, 0.15) is 13.3 Å². The van der Waals surface area contributed by atoms with E-state index >= 15 is 0 Å². The maximum absolute atomic E-state index is 12.5. The minimum atomic E-state index is -0.888. The number of amides is 3. The molecule has 9 heteroatoms. The second kappa shape index (κ2) is 8.95. The first-order chi connectivity index (χ1) is 15.0. The van der Waals surface area contributed by atoms with Crippen LogP contribution in [-0.2, 0) is 14.4 Å². The Morgan fingerprint density at radius 1 is 1.06 bits per heavy atom. The van der Waals surface area contributed by atoms with Gasteiger partial charge in [0.15, 0.2) is 11.5 Å². The van der Waals surface area contributed by atoms with Crippen LogP contribution in [0.4, 0.5) is 5.69 Å². The molecule has 2 N–H and O–H groups in total. The molecule has 162 valence electrons. The van der Waals surface area contributed by atoms with Crippen LogP contribution in [0.5, 0.6) is 17.2 Å². The van der Waals surface area contributed by atoms with Crippen molar-refractivity contribution in [3.8, 4) is 17.2 Å². The molecule has 2 atom stereocenters. The number of hydrazine groups is 1. The van der Waals surface area contributed by atoms with Gasteiger partial charge in [-0.2, -0.15) is 0 Å². The standard InChI is InChI=1S/C22H23N3O6/c1-2-29-16-9-7-15(8-10-16)25-12-14(11-20(25)26)21(27)23-24-22(28)19-13-30-17-5-3-4-6-18(17)31-19/h3-10,14,19H,2,11-13H2,1H3,(H,23,27)(H,24,28)/t14-,19-/m0/s1. The lowest BCUT2D eigenvalue weighted by atomic mass is 10.1. The van der Waals surface area contributed by atoms with Gasteiger partial charge in [0, 0.05) is 18.7 Å². The van der Waals surface area contributed by atoms with Crippen molar-refractivity contribution >= 4 is 23.4 Å². The molecule has 0 saturated carbocycles. The van der Waals surface area contributed by atoms with Crippen molar-refractivity contribution in [1.29, 1.82) is 0 Å². The summed E-state index contributed by atoms with van der Waals surface area (Å²) in [5, 5.41) is 0. The normalized spacial score (nSPS) is 19.6. The van der Waals surface area contributed by atoms with Crippen molar-refractivity contribution < 1.29 is 28.6 Å². The molecule has 2 aliphatic heterocycles. The lowest BCUT2D eigenvalue weighted by molar-refractivity contribution is -0.136. The molecule has 0 spiro atoms. The molecule has 0 bridgehead atoms. The topological polar surface area (TPSA) is 106 Å². The van der Waals surface area contributed by atoms with Gasteiger partial charge in [-0.25, -0.2) is 0 Å². The Morgan fingerprint density at radius 3 is 2.52 bits per heavy atom. The van der Waals surface area contributed by atoms with Crippen molar-refractivity contribution in [2.24, 2.45) is 5.92 Å². The van der Waals surface area contributed by atoms with Crippen LogP contribution in [-0.4, -0.2) is 43.6 Å². The Hall–Kier alpha value is -3.75. The van der Waals surface area contributed by atoms with Gasteiger partial charge >= 0.3 is 0 Å². The molecule has 31 heavy (non-hydrogen) atoms. The molecule has 0 unspecified atom stereocenters. The zero-order valence-electron chi connectivity index (χ0n) is 17.0. The first-order valence-corrected chi connectivity index (χ1v) is 10.1. The third-order valence-corrected chi connectivity index (χ3v) is 5.07. The third kappa shape index (κ3) is 4.55. The molecule has 2 aromatic rings. The summed E-state index contributed by atoms with van der Waals surface area (Å²) in [7, 11) is 0. The minimum absolute atomic E-state index is 0.0339. The molecule has 3 amide bonds. The van der Waals surface area contributed by atoms with E-state index in [0.29, 0.717) is 29.5 Å². The van der Waals surface area contributed by atoms with E-state index in [1.54, 1.807) is 47.4 Å². The van der Waals surface area contributed by atoms with Crippen LogP contribution >= 0.6 is 0 Å². The Kier molecular flexibility index (Phi) is 5.92. The van der Waals surface area contributed by atoms with Crippen molar-refractivity contribution in [1.82, 2.24) is 10.9 Å². The number of ether oxygens (including phenoxy) is 3. The van der Waals surface area contributed by atoms with Gasteiger partial charge in [-0.05, 0) is 43.3 Å². The zero-order valence-corrected chi connectivity index (χ0v) is 17.0. The number of fused-ring (bicyclic) bond motifs is 1. The van der Waals surface area contributed by atoms with Gasteiger partial charge in [0.1, 0.15) is 12.4 Å². The summed E-state index contributed by atoms with van der Waals surface area (Å²) in [6.45, 7) is 2.71. The fourth-order valence-electron chi connectivity index (χ4n) is 3.48. The van der Waals surface area contributed by atoms with Gasteiger partial charge in [0.2, 0.25) is 17.9 Å². The predicted molar refractivity (Wildman–Crippen MR) is 111 cm³/mol. The predicted octanol–water partition coefficient (Wildman–Crippen LogP) is 1.43. The van der Waals surface area contributed by atoms with Crippen LogP contribution in [0.2, 0.25) is 0 Å². The highest BCUT2D eigenvalue weighted by atomic mass is 16.6. The molecule has 0 radical (unpaired) electrons. The molecular weight excluding hydrogens is 402 g/mol. The minimum Gasteiger partial charge on any atom is -0.494 e. The van der Waals surface area contributed by atoms with E-state index in [2.05, 4.69) is 10.9 Å². The molecule has 0 aromatic heterocycles. The Morgan fingerprint density at radius 2 is 1.77 bits per heavy atom. The molecule has 2 heterocycles. The zero-order chi connectivity index (χ0) is 21.8. The second-order valence-electron chi connectivity index (χ2n) is 7.18. The van der Waals surface area contributed by atoms with E-state index in [4.69, 9.17) is 14.2 Å². The SMILES string of the molecule is CCOc1ccc(N2C[C@@H](C(=O)NNC(=O)[C@@H]3COc4ccccc4O3)CC2=O)cc1. The summed E-state index contributed by atoms with van der Waals surface area (Å²) in [4.78, 5) is 38.8. The number of carbonyl (C=O) groups is 3. The highest BCUT2D eigenvalue weighted by Gasteiger charge is 2.36. The number of nitrogens with one attached hydrogen (secondary N) is 2. The van der Waals surface area contributed by atoms with E-state index in [1.165, 1.54) is 0 Å². The number of anilines is 1. The van der Waals surface area contributed by atoms with Gasteiger partial charge < -0.3 is 19.1 Å². The first kappa shape index (κ1) is 20.5. The highest BCUT2D eigenvalue weighted by molar-refractivity contribution is 6.00. The van der Waals surface area contributed by atoms with Gasteiger partial charge in [-0.1, -0.05) is 12.1 Å². The Bertz CT molecular complexity index is 977. The number of hydrogen-bond donors (Lipinski definition) is 2. The molecule has 0 aliphatic carbocycles. The van der Waals surface area contributed by atoms with Crippen molar-refractivity contribution in [3.05, 3.63) is 48.5 Å². The van der Waals surface area contributed by atoms with Crippen LogP contribution < -0.4 is 30.0 Å². The summed E-state index contributed by atoms with van der Waals surface area (Å²) >= 11 is 0. The quantitative estimate of drug-likeness (QED) is 0.702. The van der Waals surface area contributed by atoms with E-state index in [9.17, 15) is 14.4 Å². The summed E-state index contributed by atoms with van der Waals surface area (Å²) < 4.78 is 16.5. The Labute approximate surface area is 179 Å². The fourth-order valence-corrected chi connectivity index (χ4v) is 3.48. The number of benzene rings is 2. The molecule has 2 aliphatic rings. The van der Waals surface area contributed by atoms with Crippen LogP contribution in [0.25, 0.3) is 0 Å². The lowest BCUT2D eigenvalue weighted by Crippen LogP contribution is -2.52. The van der Waals surface area contributed by atoms with Crippen LogP contribution in [0.15, 0.2) is 48.5 Å². The second-order valence-corrected chi connectivity index (χ2v) is 7.18. The van der Waals surface area contributed by atoms with Gasteiger partial charge in [0.25, 0.3) is 5.91 Å². The average molecular weight is 425 g/mol.